The van der Waals surface area contributed by atoms with E-state index in [4.69, 9.17) is 0 Å². The van der Waals surface area contributed by atoms with Crippen LogP contribution in [0.25, 0.3) is 0 Å². The molecule has 2 aromatic carbocycles. The van der Waals surface area contributed by atoms with Crippen LogP contribution < -0.4 is 10.6 Å². The first-order chi connectivity index (χ1) is 18.1. The van der Waals surface area contributed by atoms with Crippen molar-refractivity contribution in [3.8, 4) is 0 Å². The number of carbonyl (C=O) groups is 2. The van der Waals surface area contributed by atoms with E-state index < -0.39 is 45.6 Å². The number of nitrogens with one attached hydrogen (secondary N) is 2. The Morgan fingerprint density at radius 1 is 1.05 bits per heavy atom. The van der Waals surface area contributed by atoms with Crippen LogP contribution >= 0.6 is 0 Å². The van der Waals surface area contributed by atoms with Crippen molar-refractivity contribution in [2.75, 3.05) is 33.7 Å². The van der Waals surface area contributed by atoms with Gasteiger partial charge in [0.2, 0.25) is 21.8 Å². The lowest BCUT2D eigenvalue weighted by molar-refractivity contribution is -0.131. The lowest BCUT2D eigenvalue weighted by Gasteiger charge is -2.34. The summed E-state index contributed by atoms with van der Waals surface area (Å²) in [7, 11) is -0.203. The minimum absolute atomic E-state index is 0.109. The Morgan fingerprint density at radius 3 is 2.47 bits per heavy atom. The fourth-order valence-corrected chi connectivity index (χ4v) is 6.13. The maximum absolute atomic E-state index is 13.8. The molecule has 2 aromatic rings. The van der Waals surface area contributed by atoms with E-state index in [-0.39, 0.29) is 24.3 Å². The normalized spacial score (nSPS) is 17.2. The first-order valence-corrected chi connectivity index (χ1v) is 14.3. The number of nitrogens with zero attached hydrogens (tertiary/aromatic N) is 2. The van der Waals surface area contributed by atoms with Gasteiger partial charge in [0.1, 0.15) is 23.7 Å². The lowest BCUT2D eigenvalue weighted by atomic mass is 10.0. The smallest absolute Gasteiger partial charge is 0.243 e. The van der Waals surface area contributed by atoms with Gasteiger partial charge in [-0.2, -0.15) is 4.31 Å². The molecule has 0 saturated carbocycles. The molecule has 0 bridgehead atoms. The second kappa shape index (κ2) is 13.8. The quantitative estimate of drug-likeness (QED) is 0.396. The molecule has 2 atom stereocenters. The van der Waals surface area contributed by atoms with E-state index >= 15 is 0 Å². The first kappa shape index (κ1) is 29.7. The summed E-state index contributed by atoms with van der Waals surface area (Å²) in [6, 6.07) is 8.30. The van der Waals surface area contributed by atoms with Crippen LogP contribution in [-0.4, -0.2) is 75.3 Å². The van der Waals surface area contributed by atoms with Crippen molar-refractivity contribution < 1.29 is 26.8 Å². The minimum atomic E-state index is -4.14. The molecular formula is C27H36F2N4O4S. The molecule has 208 valence electrons. The number of rotatable bonds is 12. The summed E-state index contributed by atoms with van der Waals surface area (Å²) in [5, 5.41) is 5.59. The van der Waals surface area contributed by atoms with Crippen LogP contribution in [0.15, 0.2) is 53.4 Å². The number of benzene rings is 2. The summed E-state index contributed by atoms with van der Waals surface area (Å²) in [5.41, 5.74) is 0.646. The van der Waals surface area contributed by atoms with Crippen LogP contribution in [0.5, 0.6) is 0 Å². The molecule has 1 aliphatic rings. The molecular weight excluding hydrogens is 514 g/mol. The van der Waals surface area contributed by atoms with Crippen LogP contribution in [0.4, 0.5) is 8.78 Å². The van der Waals surface area contributed by atoms with Crippen molar-refractivity contribution in [2.24, 2.45) is 0 Å². The van der Waals surface area contributed by atoms with Crippen LogP contribution in [0.2, 0.25) is 0 Å². The van der Waals surface area contributed by atoms with E-state index in [0.29, 0.717) is 24.9 Å². The number of hydrogen-bond donors (Lipinski definition) is 2. The van der Waals surface area contributed by atoms with Gasteiger partial charge in [0.25, 0.3) is 0 Å². The zero-order valence-corrected chi connectivity index (χ0v) is 22.6. The van der Waals surface area contributed by atoms with Crippen LogP contribution in [-0.2, 0) is 26.0 Å². The van der Waals surface area contributed by atoms with Crippen LogP contribution in [0.1, 0.15) is 37.7 Å². The molecule has 1 heterocycles. The predicted molar refractivity (Wildman–Crippen MR) is 141 cm³/mol. The second-order valence-electron chi connectivity index (χ2n) is 9.78. The van der Waals surface area contributed by atoms with Crippen LogP contribution in [0, 0.1) is 11.6 Å². The van der Waals surface area contributed by atoms with E-state index in [2.05, 4.69) is 10.6 Å². The number of sulfonamides is 1. The van der Waals surface area contributed by atoms with Crippen molar-refractivity contribution in [1.29, 1.82) is 0 Å². The Morgan fingerprint density at radius 2 is 1.79 bits per heavy atom. The number of halogens is 2. The molecule has 1 aliphatic heterocycles. The van der Waals surface area contributed by atoms with Gasteiger partial charge < -0.3 is 15.5 Å². The van der Waals surface area contributed by atoms with Gasteiger partial charge in [-0.25, -0.2) is 17.2 Å². The van der Waals surface area contributed by atoms with Gasteiger partial charge in [-0.1, -0.05) is 24.6 Å². The predicted octanol–water partition coefficient (Wildman–Crippen LogP) is 2.69. The lowest BCUT2D eigenvalue weighted by Crippen LogP contribution is -2.56. The van der Waals surface area contributed by atoms with Gasteiger partial charge in [0.05, 0.1) is 4.90 Å². The molecule has 11 heteroatoms. The Bertz CT molecular complexity index is 1190. The third-order valence-electron chi connectivity index (χ3n) is 6.48. The molecule has 0 radical (unpaired) electrons. The van der Waals surface area contributed by atoms with Gasteiger partial charge >= 0.3 is 0 Å². The number of hydrogen-bond acceptors (Lipinski definition) is 5. The second-order valence-corrected chi connectivity index (χ2v) is 11.7. The van der Waals surface area contributed by atoms with Gasteiger partial charge in [-0.05, 0) is 82.2 Å². The molecule has 3 rings (SSSR count). The van der Waals surface area contributed by atoms with Crippen LogP contribution in [0.3, 0.4) is 0 Å². The number of carbonyl (C=O) groups excluding carboxylic acids is 2. The zero-order chi connectivity index (χ0) is 27.7. The highest BCUT2D eigenvalue weighted by Gasteiger charge is 2.39. The molecule has 8 nitrogen and oxygen atoms in total. The van der Waals surface area contributed by atoms with E-state index in [9.17, 15) is 26.8 Å². The molecule has 2 N–H and O–H groups in total. The van der Waals surface area contributed by atoms with Gasteiger partial charge in [-0.3, -0.25) is 9.59 Å². The van der Waals surface area contributed by atoms with E-state index in [1.165, 1.54) is 24.3 Å². The summed E-state index contributed by atoms with van der Waals surface area (Å²) in [6.07, 6.45) is 3.22. The van der Waals surface area contributed by atoms with E-state index in [1.807, 2.05) is 19.0 Å². The first-order valence-electron chi connectivity index (χ1n) is 12.8. The standard InChI is InChI=1S/C27H36F2N4O4S/c1-32(2)16-6-4-15-30-26(34)24(18-20-11-13-21(28)14-12-20)31-27(35)25-10-3-5-17-33(25)38(36,37)23-9-7-8-22(29)19-23/h7-9,11-14,19,24-25H,3-6,10,15-18H2,1-2H3,(H,30,34)(H,31,35)/t24-,25-/m0/s1. The highest BCUT2D eigenvalue weighted by Crippen LogP contribution is 2.26. The van der Waals surface area contributed by atoms with E-state index in [0.717, 1.165) is 35.8 Å². The largest absolute Gasteiger partial charge is 0.354 e. The van der Waals surface area contributed by atoms with Crippen molar-refractivity contribution >= 4 is 21.8 Å². The van der Waals surface area contributed by atoms with Gasteiger partial charge in [0.15, 0.2) is 0 Å². The van der Waals surface area contributed by atoms with Crippen molar-refractivity contribution in [2.45, 2.75) is 55.5 Å². The molecule has 1 fully saturated rings. The number of unbranched alkanes of at least 4 members (excludes halogenated alkanes) is 1. The summed E-state index contributed by atoms with van der Waals surface area (Å²) >= 11 is 0. The monoisotopic (exact) mass is 550 g/mol. The summed E-state index contributed by atoms with van der Waals surface area (Å²) < 4.78 is 54.9. The fourth-order valence-electron chi connectivity index (χ4n) is 4.44. The number of amides is 2. The van der Waals surface area contributed by atoms with Gasteiger partial charge in [0, 0.05) is 19.5 Å². The maximum Gasteiger partial charge on any atom is 0.243 e. The molecule has 0 aromatic heterocycles. The average Bonchev–Trinajstić information content (AvgIpc) is 2.89. The maximum atomic E-state index is 13.8. The Labute approximate surface area is 223 Å². The molecule has 1 saturated heterocycles. The topological polar surface area (TPSA) is 98.8 Å². The third kappa shape index (κ3) is 8.31. The summed E-state index contributed by atoms with van der Waals surface area (Å²) in [5.74, 6) is -2.10. The molecule has 0 aliphatic carbocycles. The molecule has 0 unspecified atom stereocenters. The zero-order valence-electron chi connectivity index (χ0n) is 21.8. The summed E-state index contributed by atoms with van der Waals surface area (Å²) in [4.78, 5) is 28.3. The van der Waals surface area contributed by atoms with Gasteiger partial charge in [-0.15, -0.1) is 0 Å². The van der Waals surface area contributed by atoms with Crippen molar-refractivity contribution in [3.05, 3.63) is 65.7 Å². The Balaban J connectivity index is 1.76. The van der Waals surface area contributed by atoms with E-state index in [1.54, 1.807) is 12.1 Å². The fraction of sp³-hybridized carbons (Fsp3) is 0.481. The Kier molecular flexibility index (Phi) is 10.7. The highest BCUT2D eigenvalue weighted by atomic mass is 32.2. The number of piperidine rings is 1. The Hall–Kier alpha value is -2.89. The van der Waals surface area contributed by atoms with Crippen molar-refractivity contribution in [3.63, 3.8) is 0 Å². The highest BCUT2D eigenvalue weighted by molar-refractivity contribution is 7.89. The molecule has 38 heavy (non-hydrogen) atoms. The third-order valence-corrected chi connectivity index (χ3v) is 8.38. The van der Waals surface area contributed by atoms with Crippen molar-refractivity contribution in [1.82, 2.24) is 19.8 Å². The molecule has 0 spiro atoms. The SMILES string of the molecule is CN(C)CCCCNC(=O)[C@H](Cc1ccc(F)cc1)NC(=O)[C@@H]1CCCCN1S(=O)(=O)c1cccc(F)c1. The summed E-state index contributed by atoms with van der Waals surface area (Å²) in [6.45, 7) is 1.41. The average molecular weight is 551 g/mol. The minimum Gasteiger partial charge on any atom is -0.354 e. The molecule has 2 amide bonds.